The fourth-order valence-corrected chi connectivity index (χ4v) is 3.48. The van der Waals surface area contributed by atoms with Crippen LogP contribution in [0.4, 0.5) is 5.69 Å². The smallest absolute Gasteiger partial charge is 0.121 e. The van der Waals surface area contributed by atoms with Crippen molar-refractivity contribution in [3.8, 4) is 5.75 Å². The summed E-state index contributed by atoms with van der Waals surface area (Å²) in [4.78, 5) is 0. The lowest BCUT2D eigenvalue weighted by Gasteiger charge is -2.17. The molecule has 0 spiro atoms. The van der Waals surface area contributed by atoms with Gasteiger partial charge < -0.3 is 10.1 Å². The summed E-state index contributed by atoms with van der Waals surface area (Å²) in [6.07, 6.45) is 0. The summed E-state index contributed by atoms with van der Waals surface area (Å²) in [6.45, 7) is 10.0. The zero-order valence-electron chi connectivity index (χ0n) is 13.7. The van der Waals surface area contributed by atoms with Gasteiger partial charge in [0.25, 0.3) is 0 Å². The number of nitrogens with one attached hydrogen (secondary N) is 1. The first-order chi connectivity index (χ1) is 9.90. The van der Waals surface area contributed by atoms with Crippen molar-refractivity contribution in [2.75, 3.05) is 12.4 Å². The molecule has 0 aliphatic carbocycles. The normalized spacial score (nSPS) is 11.3. The molecule has 0 unspecified atom stereocenters. The molecule has 0 radical (unpaired) electrons. The fourth-order valence-electron chi connectivity index (χ4n) is 2.32. The van der Waals surface area contributed by atoms with Crippen molar-refractivity contribution < 1.29 is 4.74 Å². The summed E-state index contributed by atoms with van der Waals surface area (Å²) in [5.41, 5.74) is 3.59. The van der Waals surface area contributed by atoms with Gasteiger partial charge in [0.05, 0.1) is 15.2 Å². The monoisotopic (exact) mass is 299 g/mol. The molecule has 0 aliphatic heterocycles. The molecule has 0 bridgehead atoms. The Morgan fingerprint density at radius 3 is 2.19 bits per heavy atom. The van der Waals surface area contributed by atoms with Crippen molar-refractivity contribution >= 4 is 18.9 Å². The van der Waals surface area contributed by atoms with E-state index in [2.05, 4.69) is 68.3 Å². The first kappa shape index (κ1) is 15.6. The van der Waals surface area contributed by atoms with Crippen molar-refractivity contribution in [2.24, 2.45) is 0 Å². The van der Waals surface area contributed by atoms with E-state index in [-0.39, 0.29) is 0 Å². The van der Waals surface area contributed by atoms with Gasteiger partial charge in [-0.15, -0.1) is 0 Å². The highest BCUT2D eigenvalue weighted by molar-refractivity contribution is 6.88. The molecule has 0 saturated heterocycles. The van der Waals surface area contributed by atoms with E-state index in [1.807, 2.05) is 6.07 Å². The molecule has 21 heavy (non-hydrogen) atoms. The van der Waals surface area contributed by atoms with E-state index >= 15 is 0 Å². The summed E-state index contributed by atoms with van der Waals surface area (Å²) in [7, 11) is 0.508. The topological polar surface area (TPSA) is 21.3 Å². The molecule has 0 saturated carbocycles. The van der Waals surface area contributed by atoms with Gasteiger partial charge in [-0.2, -0.15) is 0 Å². The number of anilines is 1. The van der Waals surface area contributed by atoms with Gasteiger partial charge in [-0.05, 0) is 36.2 Å². The molecule has 112 valence electrons. The van der Waals surface area contributed by atoms with Gasteiger partial charge in [0, 0.05) is 12.2 Å². The van der Waals surface area contributed by atoms with Gasteiger partial charge in [0.1, 0.15) is 5.75 Å². The van der Waals surface area contributed by atoms with E-state index in [4.69, 9.17) is 4.74 Å². The third-order valence-electron chi connectivity index (χ3n) is 3.71. The quantitative estimate of drug-likeness (QED) is 0.837. The minimum atomic E-state index is -1.20. The van der Waals surface area contributed by atoms with E-state index in [1.165, 1.54) is 10.8 Å². The van der Waals surface area contributed by atoms with Crippen molar-refractivity contribution in [3.63, 3.8) is 0 Å². The Morgan fingerprint density at radius 2 is 1.67 bits per heavy atom. The average molecular weight is 299 g/mol. The van der Waals surface area contributed by atoms with Crippen LogP contribution in [0.3, 0.4) is 0 Å². The zero-order chi connectivity index (χ0) is 15.5. The van der Waals surface area contributed by atoms with Crippen molar-refractivity contribution in [3.05, 3.63) is 53.6 Å². The second kappa shape index (κ2) is 6.35. The molecular formula is C18H25NOSi. The lowest BCUT2D eigenvalue weighted by molar-refractivity contribution is 0.412. The second-order valence-corrected chi connectivity index (χ2v) is 11.6. The zero-order valence-corrected chi connectivity index (χ0v) is 14.7. The number of aryl methyl sites for hydroxylation is 1. The molecule has 1 N–H and O–H groups in total. The molecule has 2 rings (SSSR count). The Bertz CT molecular complexity index is 600. The van der Waals surface area contributed by atoms with Crippen LogP contribution in [-0.4, -0.2) is 15.2 Å². The predicted molar refractivity (Wildman–Crippen MR) is 94.5 cm³/mol. The molecule has 2 aromatic rings. The summed E-state index contributed by atoms with van der Waals surface area (Å²) in [5, 5.41) is 4.97. The number of hydrogen-bond donors (Lipinski definition) is 1. The van der Waals surface area contributed by atoms with Crippen LogP contribution in [0.25, 0.3) is 0 Å². The molecule has 3 heteroatoms. The molecule has 0 amide bonds. The molecule has 0 aromatic heterocycles. The van der Waals surface area contributed by atoms with Crippen LogP contribution >= 0.6 is 0 Å². The van der Waals surface area contributed by atoms with E-state index < -0.39 is 8.07 Å². The van der Waals surface area contributed by atoms with Crippen molar-refractivity contribution in [1.29, 1.82) is 0 Å². The van der Waals surface area contributed by atoms with Crippen molar-refractivity contribution in [1.82, 2.24) is 0 Å². The van der Waals surface area contributed by atoms with Crippen LogP contribution in [0.15, 0.2) is 42.5 Å². The number of hydrogen-bond acceptors (Lipinski definition) is 2. The van der Waals surface area contributed by atoms with E-state index in [9.17, 15) is 0 Å². The third kappa shape index (κ3) is 4.11. The third-order valence-corrected chi connectivity index (χ3v) is 5.78. The molecule has 0 aliphatic rings. The molecule has 0 fully saturated rings. The standard InChI is InChI=1S/C18H25NOSi/c1-14-12-16(8-11-18(14)20-2)19-13-15-6-9-17(10-7-15)21(3,4)5/h6-12,19H,13H2,1-5H3. The summed E-state index contributed by atoms with van der Waals surface area (Å²) >= 11 is 0. The van der Waals surface area contributed by atoms with Crippen LogP contribution < -0.4 is 15.2 Å². The lowest BCUT2D eigenvalue weighted by Crippen LogP contribution is -2.37. The van der Waals surface area contributed by atoms with E-state index in [0.29, 0.717) is 0 Å². The second-order valence-electron chi connectivity index (χ2n) is 6.48. The Kier molecular flexibility index (Phi) is 4.73. The van der Waals surface area contributed by atoms with Crippen LogP contribution in [0, 0.1) is 6.92 Å². The molecule has 2 nitrogen and oxygen atoms in total. The highest BCUT2D eigenvalue weighted by Gasteiger charge is 2.15. The van der Waals surface area contributed by atoms with E-state index in [0.717, 1.165) is 23.5 Å². The largest absolute Gasteiger partial charge is 0.496 e. The molecule has 2 aromatic carbocycles. The maximum absolute atomic E-state index is 5.28. The van der Waals surface area contributed by atoms with Crippen LogP contribution in [0.1, 0.15) is 11.1 Å². The van der Waals surface area contributed by atoms with Gasteiger partial charge in [0.15, 0.2) is 0 Å². The van der Waals surface area contributed by atoms with Crippen LogP contribution in [0.5, 0.6) is 5.75 Å². The number of rotatable bonds is 5. The first-order valence-corrected chi connectivity index (χ1v) is 10.9. The SMILES string of the molecule is COc1ccc(NCc2ccc([Si](C)(C)C)cc2)cc1C. The first-order valence-electron chi connectivity index (χ1n) is 7.38. The highest BCUT2D eigenvalue weighted by atomic mass is 28.3. The maximum atomic E-state index is 5.28. The number of methoxy groups -OCH3 is 1. The predicted octanol–water partition coefficient (Wildman–Crippen LogP) is 4.16. The van der Waals surface area contributed by atoms with Gasteiger partial charge in [-0.25, -0.2) is 0 Å². The Labute approximate surface area is 129 Å². The summed E-state index contributed by atoms with van der Waals surface area (Å²) in [5.74, 6) is 0.931. The average Bonchev–Trinajstić information content (AvgIpc) is 2.45. The summed E-state index contributed by atoms with van der Waals surface area (Å²) < 4.78 is 5.28. The van der Waals surface area contributed by atoms with Crippen LogP contribution in [0.2, 0.25) is 19.6 Å². The number of benzene rings is 2. The minimum Gasteiger partial charge on any atom is -0.496 e. The van der Waals surface area contributed by atoms with Gasteiger partial charge in [-0.1, -0.05) is 49.1 Å². The van der Waals surface area contributed by atoms with Gasteiger partial charge >= 0.3 is 0 Å². The Morgan fingerprint density at radius 1 is 1.00 bits per heavy atom. The van der Waals surface area contributed by atoms with Crippen molar-refractivity contribution in [2.45, 2.75) is 33.1 Å². The maximum Gasteiger partial charge on any atom is 0.121 e. The summed E-state index contributed by atoms with van der Waals surface area (Å²) in [6, 6.07) is 15.2. The van der Waals surface area contributed by atoms with Gasteiger partial charge in [0.2, 0.25) is 0 Å². The Balaban J connectivity index is 2.01. The molecular weight excluding hydrogens is 274 g/mol. The highest BCUT2D eigenvalue weighted by Crippen LogP contribution is 2.21. The Hall–Kier alpha value is -1.74. The number of ether oxygens (including phenoxy) is 1. The van der Waals surface area contributed by atoms with E-state index in [1.54, 1.807) is 7.11 Å². The lowest BCUT2D eigenvalue weighted by atomic mass is 10.2. The molecule has 0 atom stereocenters. The molecule has 0 heterocycles. The van der Waals surface area contributed by atoms with Gasteiger partial charge in [-0.3, -0.25) is 0 Å². The fraction of sp³-hybridized carbons (Fsp3) is 0.333. The minimum absolute atomic E-state index is 0.845. The van der Waals surface area contributed by atoms with Crippen LogP contribution in [-0.2, 0) is 6.54 Å².